The van der Waals surface area contributed by atoms with Crippen molar-refractivity contribution in [3.63, 3.8) is 0 Å². The van der Waals surface area contributed by atoms with Crippen LogP contribution < -0.4 is 4.74 Å². The van der Waals surface area contributed by atoms with Crippen molar-refractivity contribution in [3.8, 4) is 5.75 Å². The summed E-state index contributed by atoms with van der Waals surface area (Å²) in [4.78, 5) is 0. The van der Waals surface area contributed by atoms with Gasteiger partial charge < -0.3 is 9.47 Å². The fraction of sp³-hybridized carbons (Fsp3) is 0.556. The van der Waals surface area contributed by atoms with Gasteiger partial charge in [0.2, 0.25) is 0 Å². The number of hydrogen-bond donors (Lipinski definition) is 0. The van der Waals surface area contributed by atoms with Crippen LogP contribution in [0.1, 0.15) is 30.4 Å². The molecule has 1 spiro atoms. The number of allylic oxidation sites excluding steroid dienone is 1. The fourth-order valence-electron chi connectivity index (χ4n) is 4.13. The van der Waals surface area contributed by atoms with Crippen molar-refractivity contribution in [1.29, 1.82) is 0 Å². The zero-order chi connectivity index (χ0) is 13.2. The van der Waals surface area contributed by atoms with Crippen molar-refractivity contribution in [3.05, 3.63) is 35.4 Å². The van der Waals surface area contributed by atoms with Crippen molar-refractivity contribution in [2.75, 3.05) is 19.8 Å². The molecule has 4 aliphatic rings. The topological polar surface area (TPSA) is 18.5 Å². The van der Waals surface area contributed by atoms with Gasteiger partial charge in [0.05, 0.1) is 6.61 Å². The molecule has 1 saturated heterocycles. The van der Waals surface area contributed by atoms with Crippen molar-refractivity contribution in [1.82, 2.24) is 0 Å². The number of rotatable bonds is 3. The van der Waals surface area contributed by atoms with Gasteiger partial charge in [-0.25, -0.2) is 0 Å². The van der Waals surface area contributed by atoms with Gasteiger partial charge in [0.25, 0.3) is 0 Å². The Morgan fingerprint density at radius 3 is 2.80 bits per heavy atom. The van der Waals surface area contributed by atoms with Crippen LogP contribution in [0.25, 0.3) is 6.08 Å². The summed E-state index contributed by atoms with van der Waals surface area (Å²) in [6.45, 7) is 2.68. The Morgan fingerprint density at radius 1 is 1.20 bits per heavy atom. The van der Waals surface area contributed by atoms with Crippen LogP contribution in [-0.4, -0.2) is 19.8 Å². The maximum absolute atomic E-state index is 6.13. The average Bonchev–Trinajstić information content (AvgIpc) is 3.36. The van der Waals surface area contributed by atoms with Gasteiger partial charge >= 0.3 is 0 Å². The molecule has 3 aliphatic carbocycles. The molecule has 2 unspecified atom stereocenters. The standard InChI is InChI=1S/C18H20O2/c1-2-16-12(4-5-18(16)6-8-19-9-7-18)17(3-1)20-11-15-13-10-14(13)15/h1-5,13-15H,6-11H2. The smallest absolute Gasteiger partial charge is 0.126 e. The lowest BCUT2D eigenvalue weighted by Crippen LogP contribution is -2.30. The Bertz CT molecular complexity index is 575. The normalized spacial score (nSPS) is 34.7. The van der Waals surface area contributed by atoms with E-state index in [0.29, 0.717) is 0 Å². The maximum atomic E-state index is 6.13. The highest BCUT2D eigenvalue weighted by molar-refractivity contribution is 5.70. The van der Waals surface area contributed by atoms with Gasteiger partial charge in [0, 0.05) is 24.2 Å². The summed E-state index contributed by atoms with van der Waals surface area (Å²) in [7, 11) is 0. The van der Waals surface area contributed by atoms with Crippen molar-refractivity contribution in [2.45, 2.75) is 24.7 Å². The molecule has 1 aromatic carbocycles. The molecule has 2 heteroatoms. The summed E-state index contributed by atoms with van der Waals surface area (Å²) in [5.41, 5.74) is 3.00. The van der Waals surface area contributed by atoms with Gasteiger partial charge in [-0.2, -0.15) is 0 Å². The van der Waals surface area contributed by atoms with Gasteiger partial charge in [0.1, 0.15) is 5.75 Å². The molecular weight excluding hydrogens is 248 g/mol. The fourth-order valence-corrected chi connectivity index (χ4v) is 4.13. The maximum Gasteiger partial charge on any atom is 0.126 e. The molecule has 0 N–H and O–H groups in total. The number of benzene rings is 1. The molecule has 2 atom stereocenters. The minimum absolute atomic E-state index is 0.217. The van der Waals surface area contributed by atoms with E-state index in [1.807, 2.05) is 0 Å². The predicted octanol–water partition coefficient (Wildman–Crippen LogP) is 3.41. The molecule has 0 radical (unpaired) electrons. The Balaban J connectivity index is 1.42. The second-order valence-electron chi connectivity index (χ2n) is 6.86. The molecule has 0 amide bonds. The molecule has 0 bridgehead atoms. The highest BCUT2D eigenvalue weighted by Gasteiger charge is 2.64. The van der Waals surface area contributed by atoms with E-state index in [2.05, 4.69) is 30.4 Å². The number of fused-ring (bicyclic) bond motifs is 3. The zero-order valence-corrected chi connectivity index (χ0v) is 11.7. The van der Waals surface area contributed by atoms with E-state index < -0.39 is 0 Å². The Morgan fingerprint density at radius 2 is 2.05 bits per heavy atom. The first kappa shape index (κ1) is 11.4. The Labute approximate surface area is 119 Å². The van der Waals surface area contributed by atoms with Crippen molar-refractivity contribution < 1.29 is 9.47 Å². The number of hydrogen-bond acceptors (Lipinski definition) is 2. The zero-order valence-electron chi connectivity index (χ0n) is 11.7. The molecule has 1 aromatic rings. The van der Waals surface area contributed by atoms with Crippen LogP contribution in [0.15, 0.2) is 24.3 Å². The van der Waals surface area contributed by atoms with Gasteiger partial charge in [-0.05, 0) is 48.6 Å². The molecule has 2 nitrogen and oxygen atoms in total. The van der Waals surface area contributed by atoms with E-state index in [0.717, 1.165) is 56.2 Å². The molecule has 5 rings (SSSR count). The van der Waals surface area contributed by atoms with E-state index in [1.165, 1.54) is 17.5 Å². The van der Waals surface area contributed by atoms with Crippen LogP contribution in [0.4, 0.5) is 0 Å². The van der Waals surface area contributed by atoms with E-state index in [9.17, 15) is 0 Å². The quantitative estimate of drug-likeness (QED) is 0.836. The minimum atomic E-state index is 0.217. The lowest BCUT2D eigenvalue weighted by Gasteiger charge is -2.33. The molecule has 1 heterocycles. The first-order valence-corrected chi connectivity index (χ1v) is 7.91. The predicted molar refractivity (Wildman–Crippen MR) is 77.8 cm³/mol. The molecule has 104 valence electrons. The van der Waals surface area contributed by atoms with Crippen LogP contribution in [0, 0.1) is 17.8 Å². The van der Waals surface area contributed by atoms with E-state index in [1.54, 1.807) is 0 Å². The van der Waals surface area contributed by atoms with E-state index in [-0.39, 0.29) is 5.41 Å². The van der Waals surface area contributed by atoms with Gasteiger partial charge in [-0.15, -0.1) is 0 Å². The van der Waals surface area contributed by atoms with Crippen molar-refractivity contribution in [2.24, 2.45) is 17.8 Å². The van der Waals surface area contributed by atoms with Crippen LogP contribution in [0.2, 0.25) is 0 Å². The summed E-state index contributed by atoms with van der Waals surface area (Å²) in [6, 6.07) is 6.57. The van der Waals surface area contributed by atoms with Crippen LogP contribution in [0.5, 0.6) is 5.75 Å². The first-order valence-electron chi connectivity index (χ1n) is 7.91. The van der Waals surface area contributed by atoms with Gasteiger partial charge in [-0.3, -0.25) is 0 Å². The lowest BCUT2D eigenvalue weighted by atomic mass is 9.76. The summed E-state index contributed by atoms with van der Waals surface area (Å²) < 4.78 is 11.7. The molecular formula is C18H20O2. The number of ether oxygens (including phenoxy) is 2. The minimum Gasteiger partial charge on any atom is -0.493 e. The highest BCUT2D eigenvalue weighted by atomic mass is 16.5. The molecule has 1 aliphatic heterocycles. The Kier molecular flexibility index (Phi) is 2.21. The van der Waals surface area contributed by atoms with E-state index >= 15 is 0 Å². The third-order valence-corrected chi connectivity index (χ3v) is 5.84. The van der Waals surface area contributed by atoms with Crippen LogP contribution >= 0.6 is 0 Å². The molecule has 2 saturated carbocycles. The third kappa shape index (κ3) is 1.54. The SMILES string of the molecule is C1=CC2(CCOCC2)c2cccc(OCC3C4CC34)c21. The second kappa shape index (κ2) is 3.88. The summed E-state index contributed by atoms with van der Waals surface area (Å²) in [5.74, 6) is 4.00. The largest absolute Gasteiger partial charge is 0.493 e. The van der Waals surface area contributed by atoms with Crippen LogP contribution in [0.3, 0.4) is 0 Å². The summed E-state index contributed by atoms with van der Waals surface area (Å²) in [5, 5.41) is 0. The molecule has 20 heavy (non-hydrogen) atoms. The van der Waals surface area contributed by atoms with Crippen molar-refractivity contribution >= 4 is 6.08 Å². The first-order chi connectivity index (χ1) is 9.87. The highest BCUT2D eigenvalue weighted by Crippen LogP contribution is 2.68. The van der Waals surface area contributed by atoms with E-state index in [4.69, 9.17) is 9.47 Å². The lowest BCUT2D eigenvalue weighted by molar-refractivity contribution is 0.0662. The van der Waals surface area contributed by atoms with Gasteiger partial charge in [-0.1, -0.05) is 24.3 Å². The second-order valence-corrected chi connectivity index (χ2v) is 6.86. The molecule has 3 fully saturated rings. The average molecular weight is 268 g/mol. The Hall–Kier alpha value is -1.28. The monoisotopic (exact) mass is 268 g/mol. The van der Waals surface area contributed by atoms with Crippen LogP contribution in [-0.2, 0) is 10.2 Å². The van der Waals surface area contributed by atoms with Gasteiger partial charge in [0.15, 0.2) is 0 Å². The molecule has 0 aromatic heterocycles. The summed E-state index contributed by atoms with van der Waals surface area (Å²) >= 11 is 0. The third-order valence-electron chi connectivity index (χ3n) is 5.84. The summed E-state index contributed by atoms with van der Waals surface area (Å²) in [6.07, 6.45) is 8.34.